The molecule has 2 aromatic rings. The molecule has 0 saturated carbocycles. The van der Waals surface area contributed by atoms with Crippen LogP contribution in [0.15, 0.2) is 45.8 Å². The number of hydrazine groups is 1. The number of halogens is 2. The number of hydrogen-bond acceptors (Lipinski definition) is 4. The van der Waals surface area contributed by atoms with Gasteiger partial charge in [-0.25, -0.2) is 12.8 Å². The lowest BCUT2D eigenvalue weighted by Gasteiger charge is -2.13. The Bertz CT molecular complexity index is 781. The molecule has 112 valence electrons. The molecule has 0 heterocycles. The summed E-state index contributed by atoms with van der Waals surface area (Å²) in [6.45, 7) is 1.68. The Balaban J connectivity index is 2.45. The first-order valence-corrected chi connectivity index (χ1v) is 8.17. The van der Waals surface area contributed by atoms with Crippen molar-refractivity contribution in [2.45, 2.75) is 11.8 Å². The Kier molecular flexibility index (Phi) is 4.50. The minimum atomic E-state index is -3.88. The third-order valence-corrected chi connectivity index (χ3v) is 4.88. The molecule has 0 unspecified atom stereocenters. The van der Waals surface area contributed by atoms with Crippen molar-refractivity contribution in [2.24, 2.45) is 5.84 Å². The number of para-hydroxylation sites is 1. The van der Waals surface area contributed by atoms with E-state index in [1.165, 1.54) is 18.2 Å². The van der Waals surface area contributed by atoms with Gasteiger partial charge in [-0.3, -0.25) is 10.6 Å². The molecule has 0 aromatic heterocycles. The van der Waals surface area contributed by atoms with Gasteiger partial charge in [0.25, 0.3) is 10.0 Å². The molecule has 5 nitrogen and oxygen atoms in total. The highest BCUT2D eigenvalue weighted by molar-refractivity contribution is 9.10. The highest BCUT2D eigenvalue weighted by atomic mass is 79.9. The van der Waals surface area contributed by atoms with Gasteiger partial charge in [0.1, 0.15) is 10.7 Å². The average molecular weight is 374 g/mol. The van der Waals surface area contributed by atoms with Crippen molar-refractivity contribution in [3.63, 3.8) is 0 Å². The Labute approximate surface area is 130 Å². The maximum atomic E-state index is 13.6. The lowest BCUT2D eigenvalue weighted by molar-refractivity contribution is 0.601. The number of benzene rings is 2. The minimum absolute atomic E-state index is 0.0183. The number of nitrogens with two attached hydrogens (primary N) is 1. The van der Waals surface area contributed by atoms with E-state index in [2.05, 4.69) is 26.1 Å². The molecule has 21 heavy (non-hydrogen) atoms. The Morgan fingerprint density at radius 2 is 1.86 bits per heavy atom. The van der Waals surface area contributed by atoms with E-state index >= 15 is 0 Å². The average Bonchev–Trinajstić information content (AvgIpc) is 2.44. The molecule has 0 atom stereocenters. The summed E-state index contributed by atoms with van der Waals surface area (Å²) in [4.78, 5) is -0.0183. The van der Waals surface area contributed by atoms with Gasteiger partial charge >= 0.3 is 0 Å². The fourth-order valence-electron chi connectivity index (χ4n) is 1.78. The van der Waals surface area contributed by atoms with Crippen molar-refractivity contribution in [3.05, 3.63) is 52.3 Å². The molecule has 0 aliphatic rings. The SMILES string of the molecule is Cc1cc(Br)c(F)cc1NS(=O)(=O)c1ccccc1NN. The van der Waals surface area contributed by atoms with Gasteiger partial charge < -0.3 is 5.43 Å². The number of hydrogen-bond donors (Lipinski definition) is 3. The van der Waals surface area contributed by atoms with Crippen LogP contribution in [0.25, 0.3) is 0 Å². The van der Waals surface area contributed by atoms with Crippen molar-refractivity contribution in [1.29, 1.82) is 0 Å². The zero-order valence-electron chi connectivity index (χ0n) is 11.0. The normalized spacial score (nSPS) is 11.2. The first kappa shape index (κ1) is 15.7. The standard InChI is InChI=1S/C13H13BrFN3O2S/c1-8-6-9(14)10(15)7-12(8)18-21(19,20)13-5-3-2-4-11(13)17-16/h2-7,17-18H,16H2,1H3. The quantitative estimate of drug-likeness (QED) is 0.568. The monoisotopic (exact) mass is 373 g/mol. The van der Waals surface area contributed by atoms with Crippen LogP contribution in [-0.2, 0) is 10.0 Å². The molecule has 0 bridgehead atoms. The second-order valence-electron chi connectivity index (χ2n) is 4.33. The van der Waals surface area contributed by atoms with E-state index in [0.29, 0.717) is 5.56 Å². The highest BCUT2D eigenvalue weighted by Crippen LogP contribution is 2.27. The van der Waals surface area contributed by atoms with Crippen LogP contribution in [0.4, 0.5) is 15.8 Å². The molecule has 2 aromatic carbocycles. The van der Waals surface area contributed by atoms with E-state index in [-0.39, 0.29) is 20.7 Å². The third kappa shape index (κ3) is 3.34. The van der Waals surface area contributed by atoms with Crippen LogP contribution in [0.5, 0.6) is 0 Å². The smallest absolute Gasteiger partial charge is 0.264 e. The molecule has 2 rings (SSSR count). The molecule has 0 aliphatic carbocycles. The number of sulfonamides is 1. The van der Waals surface area contributed by atoms with Gasteiger partial charge in [-0.2, -0.15) is 0 Å². The maximum Gasteiger partial charge on any atom is 0.264 e. The van der Waals surface area contributed by atoms with Crippen LogP contribution in [0.2, 0.25) is 0 Å². The summed E-state index contributed by atoms with van der Waals surface area (Å²) in [5.41, 5.74) is 3.33. The van der Waals surface area contributed by atoms with Crippen LogP contribution < -0.4 is 16.0 Å². The van der Waals surface area contributed by atoms with Gasteiger partial charge in [0.05, 0.1) is 15.8 Å². The van der Waals surface area contributed by atoms with Crippen LogP contribution in [0.1, 0.15) is 5.56 Å². The lowest BCUT2D eigenvalue weighted by Crippen LogP contribution is -2.18. The molecule has 0 saturated heterocycles. The summed E-state index contributed by atoms with van der Waals surface area (Å²) < 4.78 is 41.0. The van der Waals surface area contributed by atoms with E-state index in [9.17, 15) is 12.8 Å². The van der Waals surface area contributed by atoms with Crippen LogP contribution >= 0.6 is 15.9 Å². The van der Waals surface area contributed by atoms with Crippen LogP contribution in [-0.4, -0.2) is 8.42 Å². The van der Waals surface area contributed by atoms with Gasteiger partial charge in [-0.1, -0.05) is 12.1 Å². The number of nitrogen functional groups attached to an aromatic ring is 1. The fourth-order valence-corrected chi connectivity index (χ4v) is 3.53. The van der Waals surface area contributed by atoms with E-state index in [0.717, 1.165) is 6.07 Å². The molecule has 0 amide bonds. The summed E-state index contributed by atoms with van der Waals surface area (Å²) in [5, 5.41) is 0. The second-order valence-corrected chi connectivity index (χ2v) is 6.83. The Morgan fingerprint density at radius 1 is 1.19 bits per heavy atom. The van der Waals surface area contributed by atoms with Gasteiger partial charge in [-0.05, 0) is 52.7 Å². The summed E-state index contributed by atoms with van der Waals surface area (Å²) in [6, 6.07) is 8.78. The van der Waals surface area contributed by atoms with Gasteiger partial charge in [0.2, 0.25) is 0 Å². The second kappa shape index (κ2) is 6.00. The van der Waals surface area contributed by atoms with Crippen molar-refractivity contribution in [2.75, 3.05) is 10.1 Å². The zero-order chi connectivity index (χ0) is 15.6. The summed E-state index contributed by atoms with van der Waals surface area (Å²) >= 11 is 3.05. The molecular weight excluding hydrogens is 361 g/mol. The Hall–Kier alpha value is -1.64. The zero-order valence-corrected chi connectivity index (χ0v) is 13.4. The molecule has 4 N–H and O–H groups in total. The van der Waals surface area contributed by atoms with Crippen molar-refractivity contribution >= 4 is 37.3 Å². The van der Waals surface area contributed by atoms with Gasteiger partial charge in [-0.15, -0.1) is 0 Å². The fraction of sp³-hybridized carbons (Fsp3) is 0.0769. The number of nitrogens with one attached hydrogen (secondary N) is 2. The van der Waals surface area contributed by atoms with Crippen molar-refractivity contribution < 1.29 is 12.8 Å². The lowest BCUT2D eigenvalue weighted by atomic mass is 10.2. The maximum absolute atomic E-state index is 13.6. The summed E-state index contributed by atoms with van der Waals surface area (Å²) in [7, 11) is -3.88. The summed E-state index contributed by atoms with van der Waals surface area (Å²) in [6.07, 6.45) is 0. The van der Waals surface area contributed by atoms with Crippen molar-refractivity contribution in [1.82, 2.24) is 0 Å². The molecule has 0 fully saturated rings. The van der Waals surface area contributed by atoms with E-state index in [4.69, 9.17) is 5.84 Å². The van der Waals surface area contributed by atoms with E-state index in [1.807, 2.05) is 0 Å². The summed E-state index contributed by atoms with van der Waals surface area (Å²) in [5.74, 6) is 4.75. The molecule has 0 radical (unpaired) electrons. The third-order valence-electron chi connectivity index (χ3n) is 2.84. The number of rotatable bonds is 4. The molecule has 8 heteroatoms. The van der Waals surface area contributed by atoms with Crippen LogP contribution in [0.3, 0.4) is 0 Å². The van der Waals surface area contributed by atoms with E-state index < -0.39 is 15.8 Å². The number of aryl methyl sites for hydroxylation is 1. The van der Waals surface area contributed by atoms with E-state index in [1.54, 1.807) is 19.1 Å². The molecular formula is C13H13BrFN3O2S. The Morgan fingerprint density at radius 3 is 2.52 bits per heavy atom. The first-order chi connectivity index (χ1) is 9.85. The van der Waals surface area contributed by atoms with Crippen LogP contribution in [0, 0.1) is 12.7 Å². The molecule has 0 aliphatic heterocycles. The highest BCUT2D eigenvalue weighted by Gasteiger charge is 2.19. The van der Waals surface area contributed by atoms with Crippen molar-refractivity contribution in [3.8, 4) is 0 Å². The predicted octanol–water partition coefficient (Wildman–Crippen LogP) is 2.98. The number of anilines is 2. The first-order valence-electron chi connectivity index (χ1n) is 5.89. The topological polar surface area (TPSA) is 84.2 Å². The van der Waals surface area contributed by atoms with Gasteiger partial charge in [0, 0.05) is 0 Å². The molecule has 0 spiro atoms. The largest absolute Gasteiger partial charge is 0.323 e. The predicted molar refractivity (Wildman–Crippen MR) is 83.9 cm³/mol. The minimum Gasteiger partial charge on any atom is -0.323 e. The van der Waals surface area contributed by atoms with Gasteiger partial charge in [0.15, 0.2) is 0 Å².